The number of hydrogen-bond acceptors (Lipinski definition) is 6. The molecule has 1 saturated heterocycles. The van der Waals surface area contributed by atoms with Crippen LogP contribution in [0.1, 0.15) is 5.56 Å². The Bertz CT molecular complexity index is 770. The molecule has 8 heteroatoms. The smallest absolute Gasteiger partial charge is 0.175 e. The third kappa shape index (κ3) is 4.98. The van der Waals surface area contributed by atoms with Crippen molar-refractivity contribution in [1.82, 2.24) is 15.1 Å². The van der Waals surface area contributed by atoms with E-state index in [2.05, 4.69) is 26.1 Å². The largest absolute Gasteiger partial charge is 0.492 e. The minimum atomic E-state index is 0.348. The highest BCUT2D eigenvalue weighted by atomic mass is 35.5. The SMILES string of the molecule is N#CCc1ccc(OCCN2CCN(c3cc(Cl)nnc3Cl)CC2)cc1. The fourth-order valence-corrected chi connectivity index (χ4v) is 3.22. The van der Waals surface area contributed by atoms with Crippen LogP contribution in [0, 0.1) is 11.3 Å². The van der Waals surface area contributed by atoms with Gasteiger partial charge in [-0.25, -0.2) is 0 Å². The van der Waals surface area contributed by atoms with Crippen LogP contribution in [0.25, 0.3) is 0 Å². The predicted molar refractivity (Wildman–Crippen MR) is 102 cm³/mol. The second-order valence-corrected chi connectivity index (χ2v) is 6.74. The Morgan fingerprint density at radius 2 is 1.81 bits per heavy atom. The molecule has 0 bridgehead atoms. The van der Waals surface area contributed by atoms with Crippen molar-refractivity contribution in [3.8, 4) is 11.8 Å². The first-order valence-corrected chi connectivity index (χ1v) is 9.16. The van der Waals surface area contributed by atoms with E-state index >= 15 is 0 Å². The maximum Gasteiger partial charge on any atom is 0.175 e. The van der Waals surface area contributed by atoms with Gasteiger partial charge in [0.2, 0.25) is 0 Å². The highest BCUT2D eigenvalue weighted by Crippen LogP contribution is 2.26. The van der Waals surface area contributed by atoms with Gasteiger partial charge in [0.25, 0.3) is 0 Å². The van der Waals surface area contributed by atoms with Gasteiger partial charge >= 0.3 is 0 Å². The van der Waals surface area contributed by atoms with Crippen molar-refractivity contribution in [1.29, 1.82) is 5.26 Å². The number of nitriles is 1. The van der Waals surface area contributed by atoms with Gasteiger partial charge in [-0.2, -0.15) is 5.26 Å². The van der Waals surface area contributed by atoms with Crippen molar-refractivity contribution in [3.63, 3.8) is 0 Å². The van der Waals surface area contributed by atoms with Crippen LogP contribution in [-0.2, 0) is 6.42 Å². The first kappa shape index (κ1) is 18.7. The van der Waals surface area contributed by atoms with Crippen LogP contribution in [0.2, 0.25) is 10.3 Å². The second-order valence-electron chi connectivity index (χ2n) is 6.00. The highest BCUT2D eigenvalue weighted by Gasteiger charge is 2.20. The molecule has 6 nitrogen and oxygen atoms in total. The van der Waals surface area contributed by atoms with Crippen LogP contribution < -0.4 is 9.64 Å². The second kappa shape index (κ2) is 9.04. The van der Waals surface area contributed by atoms with E-state index in [-0.39, 0.29) is 0 Å². The van der Waals surface area contributed by atoms with Gasteiger partial charge in [-0.3, -0.25) is 4.90 Å². The molecule has 0 amide bonds. The molecule has 0 atom stereocenters. The summed E-state index contributed by atoms with van der Waals surface area (Å²) in [6, 6.07) is 11.6. The van der Waals surface area contributed by atoms with Crippen molar-refractivity contribution < 1.29 is 4.74 Å². The van der Waals surface area contributed by atoms with E-state index in [1.54, 1.807) is 6.07 Å². The summed E-state index contributed by atoms with van der Waals surface area (Å²) in [5.41, 5.74) is 1.83. The number of benzene rings is 1. The van der Waals surface area contributed by atoms with E-state index in [0.29, 0.717) is 23.3 Å². The summed E-state index contributed by atoms with van der Waals surface area (Å²) in [7, 11) is 0. The molecule has 1 aromatic carbocycles. The molecule has 2 aromatic rings. The molecule has 0 radical (unpaired) electrons. The molecule has 0 spiro atoms. The molecule has 0 N–H and O–H groups in total. The first-order chi connectivity index (χ1) is 12.7. The molecule has 136 valence electrons. The van der Waals surface area contributed by atoms with Gasteiger partial charge in [0.15, 0.2) is 10.3 Å². The van der Waals surface area contributed by atoms with Crippen LogP contribution >= 0.6 is 23.2 Å². The van der Waals surface area contributed by atoms with Crippen molar-refractivity contribution in [2.24, 2.45) is 0 Å². The van der Waals surface area contributed by atoms with Gasteiger partial charge < -0.3 is 9.64 Å². The molecule has 1 aliphatic heterocycles. The van der Waals surface area contributed by atoms with Crippen molar-refractivity contribution in [2.75, 3.05) is 44.2 Å². The molecule has 0 unspecified atom stereocenters. The number of piperazine rings is 1. The highest BCUT2D eigenvalue weighted by molar-refractivity contribution is 6.33. The summed E-state index contributed by atoms with van der Waals surface area (Å²) in [6.07, 6.45) is 0.423. The van der Waals surface area contributed by atoms with Crippen LogP contribution in [0.4, 0.5) is 5.69 Å². The van der Waals surface area contributed by atoms with Gasteiger partial charge in [0.05, 0.1) is 18.2 Å². The van der Waals surface area contributed by atoms with Gasteiger partial charge in [-0.05, 0) is 17.7 Å². The summed E-state index contributed by atoms with van der Waals surface area (Å²) in [6.45, 7) is 5.02. The van der Waals surface area contributed by atoms with Crippen LogP contribution in [0.3, 0.4) is 0 Å². The molecular weight excluding hydrogens is 373 g/mol. The zero-order valence-electron chi connectivity index (χ0n) is 14.2. The predicted octanol–water partition coefficient (Wildman–Crippen LogP) is 3.05. The third-order valence-corrected chi connectivity index (χ3v) is 4.75. The molecule has 3 rings (SSSR count). The van der Waals surface area contributed by atoms with Gasteiger partial charge in [-0.1, -0.05) is 35.3 Å². The Morgan fingerprint density at radius 3 is 2.50 bits per heavy atom. The lowest BCUT2D eigenvalue weighted by molar-refractivity contribution is 0.200. The zero-order valence-corrected chi connectivity index (χ0v) is 15.7. The number of hydrogen-bond donors (Lipinski definition) is 0. The lowest BCUT2D eigenvalue weighted by atomic mass is 10.2. The third-order valence-electron chi connectivity index (χ3n) is 4.30. The minimum absolute atomic E-state index is 0.348. The fourth-order valence-electron chi connectivity index (χ4n) is 2.87. The maximum absolute atomic E-state index is 8.68. The summed E-state index contributed by atoms with van der Waals surface area (Å²) in [5.74, 6) is 0.828. The Labute approximate surface area is 162 Å². The molecule has 2 heterocycles. The van der Waals surface area contributed by atoms with E-state index in [9.17, 15) is 0 Å². The number of rotatable bonds is 6. The summed E-state index contributed by atoms with van der Waals surface area (Å²) < 4.78 is 5.79. The molecule has 0 saturated carbocycles. The average Bonchev–Trinajstić information content (AvgIpc) is 2.66. The van der Waals surface area contributed by atoms with Crippen molar-refractivity contribution in [2.45, 2.75) is 6.42 Å². The summed E-state index contributed by atoms with van der Waals surface area (Å²) in [4.78, 5) is 4.53. The first-order valence-electron chi connectivity index (χ1n) is 8.40. The molecule has 0 aliphatic carbocycles. The standard InChI is InChI=1S/C18H19Cl2N5O/c19-17-13-16(18(20)23-22-17)25-9-7-24(8-10-25)11-12-26-15-3-1-14(2-4-15)5-6-21/h1-4,13H,5,7-12H2. The number of halogens is 2. The molecular formula is C18H19Cl2N5O. The maximum atomic E-state index is 8.68. The fraction of sp³-hybridized carbons (Fsp3) is 0.389. The number of ether oxygens (including phenoxy) is 1. The number of aromatic nitrogens is 2. The zero-order chi connectivity index (χ0) is 18.4. The molecule has 26 heavy (non-hydrogen) atoms. The van der Waals surface area contributed by atoms with Crippen LogP contribution in [0.15, 0.2) is 30.3 Å². The quantitative estimate of drug-likeness (QED) is 0.753. The topological polar surface area (TPSA) is 65.3 Å². The number of nitrogens with zero attached hydrogens (tertiary/aromatic N) is 5. The average molecular weight is 392 g/mol. The van der Waals surface area contributed by atoms with E-state index in [1.165, 1.54) is 0 Å². The normalized spacial score (nSPS) is 14.9. The van der Waals surface area contributed by atoms with E-state index in [4.69, 9.17) is 33.2 Å². The van der Waals surface area contributed by atoms with E-state index < -0.39 is 0 Å². The van der Waals surface area contributed by atoms with Gasteiger partial charge in [-0.15, -0.1) is 10.2 Å². The lowest BCUT2D eigenvalue weighted by Crippen LogP contribution is -2.47. The van der Waals surface area contributed by atoms with E-state index in [0.717, 1.165) is 49.7 Å². The van der Waals surface area contributed by atoms with Crippen molar-refractivity contribution in [3.05, 3.63) is 46.2 Å². The van der Waals surface area contributed by atoms with E-state index in [1.807, 2.05) is 24.3 Å². The molecule has 1 fully saturated rings. The Hall–Kier alpha value is -2.07. The Balaban J connectivity index is 1.43. The van der Waals surface area contributed by atoms with Crippen molar-refractivity contribution >= 4 is 28.9 Å². The van der Waals surface area contributed by atoms with Crippen LogP contribution in [0.5, 0.6) is 5.75 Å². The van der Waals surface area contributed by atoms with Gasteiger partial charge in [0.1, 0.15) is 12.4 Å². The lowest BCUT2D eigenvalue weighted by Gasteiger charge is -2.36. The Morgan fingerprint density at radius 1 is 1.08 bits per heavy atom. The van der Waals surface area contributed by atoms with Gasteiger partial charge in [0, 0.05) is 38.8 Å². The summed E-state index contributed by atoms with van der Waals surface area (Å²) >= 11 is 12.0. The van der Waals surface area contributed by atoms with Crippen LogP contribution in [-0.4, -0.2) is 54.4 Å². The molecule has 1 aromatic heterocycles. The number of anilines is 1. The monoisotopic (exact) mass is 391 g/mol. The minimum Gasteiger partial charge on any atom is -0.492 e. The summed E-state index contributed by atoms with van der Waals surface area (Å²) in [5, 5.41) is 17.0. The molecule has 1 aliphatic rings. The Kier molecular flexibility index (Phi) is 6.51.